The van der Waals surface area contributed by atoms with Crippen LogP contribution in [0.4, 0.5) is 28.9 Å². The van der Waals surface area contributed by atoms with Gasteiger partial charge in [-0.05, 0) is 91.3 Å². The summed E-state index contributed by atoms with van der Waals surface area (Å²) in [6.45, 7) is 13.5. The number of aryl methyl sites for hydroxylation is 1. The number of anilines is 2. The van der Waals surface area contributed by atoms with Crippen molar-refractivity contribution >= 4 is 11.4 Å². The van der Waals surface area contributed by atoms with Crippen LogP contribution in [-0.2, 0) is 21.9 Å². The Balaban J connectivity index is 1.99. The van der Waals surface area contributed by atoms with E-state index in [2.05, 4.69) is 4.98 Å². The minimum absolute atomic E-state index is 0.00826. The van der Waals surface area contributed by atoms with Gasteiger partial charge in [-0.3, -0.25) is 9.97 Å². The fraction of sp³-hybridized carbons (Fsp3) is 0.444. The van der Waals surface area contributed by atoms with Crippen LogP contribution in [-0.4, -0.2) is 48.1 Å². The van der Waals surface area contributed by atoms with Crippen molar-refractivity contribution in [3.63, 3.8) is 0 Å². The van der Waals surface area contributed by atoms with Gasteiger partial charge in [0.1, 0.15) is 17.5 Å². The standard InChI is InChI=1S/C36H42F4N6/c1-19-13-22(37)30-33(2,3)25-14-20(45(9)10)15-26(41-25)34(4,5)31-23(38)18-24(39)32(44-31)35(6,7)27-16-21(46(11)12)17-28(42-27)36(8,40)29(19)43-30/h13-18H,1-12H3. The molecule has 0 fully saturated rings. The molecule has 5 heterocycles. The van der Waals surface area contributed by atoms with Crippen molar-refractivity contribution in [2.24, 2.45) is 0 Å². The quantitative estimate of drug-likeness (QED) is 0.211. The zero-order valence-electron chi connectivity index (χ0n) is 28.7. The molecule has 6 nitrogen and oxygen atoms in total. The van der Waals surface area contributed by atoms with E-state index in [9.17, 15) is 0 Å². The lowest BCUT2D eigenvalue weighted by Gasteiger charge is -2.34. The first-order chi connectivity index (χ1) is 21.1. The van der Waals surface area contributed by atoms with Crippen molar-refractivity contribution in [2.45, 2.75) is 77.3 Å². The van der Waals surface area contributed by atoms with Crippen LogP contribution < -0.4 is 9.80 Å². The Kier molecular flexibility index (Phi) is 7.77. The first kappa shape index (κ1) is 33.3. The van der Waals surface area contributed by atoms with Crippen molar-refractivity contribution in [2.75, 3.05) is 38.0 Å². The van der Waals surface area contributed by atoms with E-state index in [0.717, 1.165) is 11.8 Å². The van der Waals surface area contributed by atoms with Gasteiger partial charge in [0.15, 0.2) is 5.67 Å². The summed E-state index contributed by atoms with van der Waals surface area (Å²) in [7, 11) is 7.32. The molecule has 1 aliphatic heterocycles. The van der Waals surface area contributed by atoms with Gasteiger partial charge in [-0.25, -0.2) is 27.5 Å². The molecule has 0 aromatic carbocycles. The zero-order valence-corrected chi connectivity index (χ0v) is 28.7. The molecule has 5 rings (SSSR count). The van der Waals surface area contributed by atoms with E-state index in [1.807, 2.05) is 31.1 Å². The van der Waals surface area contributed by atoms with Gasteiger partial charge in [0.2, 0.25) is 0 Å². The van der Waals surface area contributed by atoms with E-state index in [4.69, 9.17) is 15.0 Å². The molecule has 1 atom stereocenters. The van der Waals surface area contributed by atoms with Gasteiger partial charge in [0.05, 0.1) is 61.8 Å². The van der Waals surface area contributed by atoms with Crippen LogP contribution in [0.15, 0.2) is 36.4 Å². The number of pyridine rings is 4. The monoisotopic (exact) mass is 634 g/mol. The molecule has 244 valence electrons. The van der Waals surface area contributed by atoms with Crippen LogP contribution in [0.2, 0.25) is 0 Å². The largest absolute Gasteiger partial charge is 0.378 e. The Bertz CT molecular complexity index is 1610. The van der Waals surface area contributed by atoms with Crippen LogP contribution in [0.3, 0.4) is 0 Å². The minimum atomic E-state index is -2.29. The molecule has 0 aliphatic carbocycles. The van der Waals surface area contributed by atoms with Crippen molar-refractivity contribution in [3.8, 4) is 0 Å². The van der Waals surface area contributed by atoms with Gasteiger partial charge in [-0.2, -0.15) is 0 Å². The van der Waals surface area contributed by atoms with Crippen molar-refractivity contribution in [3.05, 3.63) is 105 Å². The fourth-order valence-corrected chi connectivity index (χ4v) is 6.07. The van der Waals surface area contributed by atoms with E-state index in [0.29, 0.717) is 28.3 Å². The van der Waals surface area contributed by atoms with Gasteiger partial charge in [-0.1, -0.05) is 0 Å². The third-order valence-electron chi connectivity index (χ3n) is 9.37. The number of rotatable bonds is 2. The molecular weight excluding hydrogens is 592 g/mol. The summed E-state index contributed by atoms with van der Waals surface area (Å²) in [5.74, 6) is -2.28. The Morgan fingerprint density at radius 3 is 1.20 bits per heavy atom. The molecule has 10 heteroatoms. The van der Waals surface area contributed by atoms with E-state index < -0.39 is 39.4 Å². The second kappa shape index (κ2) is 10.7. The highest BCUT2D eigenvalue weighted by Gasteiger charge is 2.42. The number of aromatic nitrogens is 4. The number of nitrogens with zero attached hydrogens (tertiary/aromatic N) is 6. The molecule has 0 amide bonds. The van der Waals surface area contributed by atoms with E-state index in [-0.39, 0.29) is 28.5 Å². The Morgan fingerprint density at radius 2 is 0.804 bits per heavy atom. The predicted octanol–water partition coefficient (Wildman–Crippen LogP) is 7.65. The summed E-state index contributed by atoms with van der Waals surface area (Å²) in [6.07, 6.45) is 0. The molecule has 46 heavy (non-hydrogen) atoms. The molecule has 8 bridgehead atoms. The third kappa shape index (κ3) is 5.19. The molecule has 1 aliphatic rings. The summed E-state index contributed by atoms with van der Waals surface area (Å²) >= 11 is 0. The van der Waals surface area contributed by atoms with Gasteiger partial charge in [0.25, 0.3) is 0 Å². The second-order valence-electron chi connectivity index (χ2n) is 14.5. The Morgan fingerprint density at radius 1 is 0.478 bits per heavy atom. The average Bonchev–Trinajstić information content (AvgIpc) is 2.95. The van der Waals surface area contributed by atoms with Crippen molar-refractivity contribution in [1.82, 2.24) is 19.9 Å². The molecule has 0 saturated heterocycles. The van der Waals surface area contributed by atoms with Crippen molar-refractivity contribution in [1.29, 1.82) is 0 Å². The smallest absolute Gasteiger partial charge is 0.191 e. The van der Waals surface area contributed by atoms with Crippen LogP contribution in [0, 0.1) is 24.4 Å². The minimum Gasteiger partial charge on any atom is -0.378 e. The lowest BCUT2D eigenvalue weighted by atomic mass is 9.79. The number of hydrogen-bond donors (Lipinski definition) is 0. The molecule has 1 unspecified atom stereocenters. The summed E-state index contributed by atoms with van der Waals surface area (Å²) in [5.41, 5.74) is -3.04. The first-order valence-corrected chi connectivity index (χ1v) is 15.2. The Hall–Kier alpha value is -4.08. The highest BCUT2D eigenvalue weighted by Crippen LogP contribution is 2.43. The number of halogens is 4. The predicted molar refractivity (Wildman–Crippen MR) is 174 cm³/mol. The van der Waals surface area contributed by atoms with Crippen LogP contribution in [0.5, 0.6) is 0 Å². The van der Waals surface area contributed by atoms with E-state index in [1.165, 1.54) is 13.0 Å². The number of hydrogen-bond acceptors (Lipinski definition) is 6. The van der Waals surface area contributed by atoms with Gasteiger partial charge < -0.3 is 9.80 Å². The molecule has 0 saturated carbocycles. The van der Waals surface area contributed by atoms with Gasteiger partial charge >= 0.3 is 0 Å². The second-order valence-corrected chi connectivity index (χ2v) is 14.5. The summed E-state index contributed by atoms with van der Waals surface area (Å²) in [6, 6.07) is 9.11. The normalized spacial score (nSPS) is 19.5. The summed E-state index contributed by atoms with van der Waals surface area (Å²) in [4.78, 5) is 22.7. The van der Waals surface area contributed by atoms with E-state index >= 15 is 17.6 Å². The molecule has 4 aromatic heterocycles. The first-order valence-electron chi connectivity index (χ1n) is 15.2. The van der Waals surface area contributed by atoms with Crippen molar-refractivity contribution < 1.29 is 17.6 Å². The zero-order chi connectivity index (χ0) is 34.3. The number of alkyl halides is 1. The Labute approximate surface area is 268 Å². The molecular formula is C36H42F4N6. The summed E-state index contributed by atoms with van der Waals surface area (Å²) < 4.78 is 65.0. The maximum absolute atomic E-state index is 17.4. The lowest BCUT2D eigenvalue weighted by Crippen LogP contribution is -2.33. The topological polar surface area (TPSA) is 58.0 Å². The molecule has 0 N–H and O–H groups in total. The number of fused-ring (bicyclic) bond motifs is 8. The average molecular weight is 635 g/mol. The maximum atomic E-state index is 17.4. The molecule has 0 radical (unpaired) electrons. The SMILES string of the molecule is Cc1cc(F)c2nc1C(C)(F)c1cc(N(C)C)cc(n1)C(C)(C)c1nc(c(F)cc1F)C(C)(C)c1cc(N(C)C)cc(n1)C2(C)C. The molecule has 0 spiro atoms. The summed E-state index contributed by atoms with van der Waals surface area (Å²) in [5, 5.41) is 0. The van der Waals surface area contributed by atoms with E-state index in [1.54, 1.807) is 79.6 Å². The van der Waals surface area contributed by atoms with Crippen LogP contribution in [0.1, 0.15) is 99.6 Å². The fourth-order valence-electron chi connectivity index (χ4n) is 6.07. The van der Waals surface area contributed by atoms with Gasteiger partial charge in [0, 0.05) is 45.6 Å². The van der Waals surface area contributed by atoms with Crippen LogP contribution >= 0.6 is 0 Å². The third-order valence-corrected chi connectivity index (χ3v) is 9.37. The maximum Gasteiger partial charge on any atom is 0.191 e. The highest BCUT2D eigenvalue weighted by molar-refractivity contribution is 5.54. The highest BCUT2D eigenvalue weighted by atomic mass is 19.1. The van der Waals surface area contributed by atoms with Gasteiger partial charge in [-0.15, -0.1) is 0 Å². The lowest BCUT2D eigenvalue weighted by molar-refractivity contribution is 0.232. The van der Waals surface area contributed by atoms with Crippen LogP contribution in [0.25, 0.3) is 0 Å². The molecule has 4 aromatic rings.